The second kappa shape index (κ2) is 2.84. The molecule has 2 rings (SSSR count). The number of rotatable bonds is 1. The topological polar surface area (TPSA) is 23.6 Å². The number of hydrogen-bond acceptors (Lipinski definition) is 2. The van der Waals surface area contributed by atoms with Gasteiger partial charge in [-0.1, -0.05) is 6.58 Å². The number of piperazine rings is 1. The molecule has 1 aliphatic heterocycles. The van der Waals surface area contributed by atoms with Crippen molar-refractivity contribution in [3.63, 3.8) is 0 Å². The second-order valence-electron chi connectivity index (χ2n) is 4.11. The van der Waals surface area contributed by atoms with Crippen molar-refractivity contribution in [1.29, 1.82) is 0 Å². The van der Waals surface area contributed by atoms with Crippen molar-refractivity contribution in [2.75, 3.05) is 26.7 Å². The molecule has 0 aromatic heterocycles. The van der Waals surface area contributed by atoms with Crippen molar-refractivity contribution in [3.8, 4) is 0 Å². The Bertz CT molecular complexity index is 245. The van der Waals surface area contributed by atoms with Gasteiger partial charge in [-0.25, -0.2) is 0 Å². The lowest BCUT2D eigenvalue weighted by Crippen LogP contribution is -2.54. The highest BCUT2D eigenvalue weighted by Gasteiger charge is 2.49. The van der Waals surface area contributed by atoms with Crippen LogP contribution in [0.15, 0.2) is 12.7 Å². The fourth-order valence-electron chi connectivity index (χ4n) is 2.06. The third-order valence-corrected chi connectivity index (χ3v) is 3.31. The third-order valence-electron chi connectivity index (χ3n) is 3.31. The van der Waals surface area contributed by atoms with Crippen LogP contribution in [0.3, 0.4) is 0 Å². The van der Waals surface area contributed by atoms with Crippen molar-refractivity contribution in [2.45, 2.75) is 18.4 Å². The standard InChI is InChI=1S/C10H16N2O/c1-3-9(13)12-7-6-11(2)10(8-12)4-5-10/h3H,1,4-8H2,2H3. The van der Waals surface area contributed by atoms with E-state index in [2.05, 4.69) is 18.5 Å². The molecule has 1 amide bonds. The van der Waals surface area contributed by atoms with E-state index in [0.717, 1.165) is 19.6 Å². The average Bonchev–Trinajstić information content (AvgIpc) is 2.90. The summed E-state index contributed by atoms with van der Waals surface area (Å²) in [6.45, 7) is 6.27. The van der Waals surface area contributed by atoms with E-state index in [0.29, 0.717) is 5.54 Å². The van der Waals surface area contributed by atoms with Gasteiger partial charge in [-0.15, -0.1) is 0 Å². The Morgan fingerprint density at radius 2 is 2.15 bits per heavy atom. The fourth-order valence-corrected chi connectivity index (χ4v) is 2.06. The largest absolute Gasteiger partial charge is 0.336 e. The van der Waals surface area contributed by atoms with Crippen LogP contribution in [-0.2, 0) is 4.79 Å². The Morgan fingerprint density at radius 1 is 1.46 bits per heavy atom. The minimum absolute atomic E-state index is 0.0828. The van der Waals surface area contributed by atoms with E-state index >= 15 is 0 Å². The quantitative estimate of drug-likeness (QED) is 0.548. The number of carbonyl (C=O) groups is 1. The molecule has 0 radical (unpaired) electrons. The van der Waals surface area contributed by atoms with E-state index in [1.807, 2.05) is 4.90 Å². The fraction of sp³-hybridized carbons (Fsp3) is 0.700. The van der Waals surface area contributed by atoms with Gasteiger partial charge >= 0.3 is 0 Å². The van der Waals surface area contributed by atoms with E-state index < -0.39 is 0 Å². The van der Waals surface area contributed by atoms with E-state index in [1.54, 1.807) is 0 Å². The molecule has 1 spiro atoms. The molecule has 0 aromatic carbocycles. The van der Waals surface area contributed by atoms with E-state index in [9.17, 15) is 4.79 Å². The highest BCUT2D eigenvalue weighted by Crippen LogP contribution is 2.43. The number of likely N-dealkylation sites (N-methyl/N-ethyl adjacent to an activating group) is 1. The molecule has 0 bridgehead atoms. The smallest absolute Gasteiger partial charge is 0.246 e. The summed E-state index contributed by atoms with van der Waals surface area (Å²) in [7, 11) is 2.16. The van der Waals surface area contributed by atoms with Gasteiger partial charge in [-0.3, -0.25) is 9.69 Å². The molecule has 1 aliphatic carbocycles. The van der Waals surface area contributed by atoms with Crippen LogP contribution in [0.1, 0.15) is 12.8 Å². The van der Waals surface area contributed by atoms with Crippen LogP contribution in [-0.4, -0.2) is 47.9 Å². The molecule has 0 unspecified atom stereocenters. The van der Waals surface area contributed by atoms with Gasteiger partial charge in [0.2, 0.25) is 5.91 Å². The molecule has 3 heteroatoms. The maximum Gasteiger partial charge on any atom is 0.246 e. The average molecular weight is 180 g/mol. The van der Waals surface area contributed by atoms with Gasteiger partial charge in [0.05, 0.1) is 0 Å². The molecule has 0 N–H and O–H groups in total. The number of amides is 1. The Morgan fingerprint density at radius 3 is 2.69 bits per heavy atom. The lowest BCUT2D eigenvalue weighted by atomic mass is 10.1. The van der Waals surface area contributed by atoms with Crippen LogP contribution >= 0.6 is 0 Å². The van der Waals surface area contributed by atoms with Gasteiger partial charge in [-0.05, 0) is 26.0 Å². The monoisotopic (exact) mass is 180 g/mol. The van der Waals surface area contributed by atoms with Gasteiger partial charge in [0, 0.05) is 25.2 Å². The zero-order chi connectivity index (χ0) is 9.47. The summed E-state index contributed by atoms with van der Waals surface area (Å²) < 4.78 is 0. The molecule has 2 aliphatic rings. The zero-order valence-electron chi connectivity index (χ0n) is 8.12. The molecule has 2 fully saturated rings. The highest BCUT2D eigenvalue weighted by atomic mass is 16.2. The molecule has 0 atom stereocenters. The zero-order valence-corrected chi connectivity index (χ0v) is 8.12. The van der Waals surface area contributed by atoms with Gasteiger partial charge in [0.1, 0.15) is 0 Å². The summed E-state index contributed by atoms with van der Waals surface area (Å²) in [4.78, 5) is 15.7. The predicted octanol–water partition coefficient (Wildman–Crippen LogP) is 0.479. The molecule has 1 saturated carbocycles. The first-order valence-corrected chi connectivity index (χ1v) is 4.80. The minimum atomic E-state index is 0.0828. The summed E-state index contributed by atoms with van der Waals surface area (Å²) in [6, 6.07) is 0. The first kappa shape index (κ1) is 8.75. The maximum absolute atomic E-state index is 11.4. The SMILES string of the molecule is C=CC(=O)N1CCN(C)C2(CC2)C1. The Labute approximate surface area is 79.0 Å². The van der Waals surface area contributed by atoms with Gasteiger partial charge in [0.25, 0.3) is 0 Å². The Balaban J connectivity index is 2.03. The summed E-state index contributed by atoms with van der Waals surface area (Å²) in [6.07, 6.45) is 3.90. The lowest BCUT2D eigenvalue weighted by molar-refractivity contribution is -0.129. The van der Waals surface area contributed by atoms with Gasteiger partial charge < -0.3 is 4.90 Å². The molecule has 1 saturated heterocycles. The predicted molar refractivity (Wildman–Crippen MR) is 51.4 cm³/mol. The number of hydrogen-bond donors (Lipinski definition) is 0. The third kappa shape index (κ3) is 1.37. The summed E-state index contributed by atoms with van der Waals surface area (Å²) in [5, 5.41) is 0. The molecule has 0 aromatic rings. The minimum Gasteiger partial charge on any atom is -0.336 e. The van der Waals surface area contributed by atoms with Gasteiger partial charge in [-0.2, -0.15) is 0 Å². The summed E-state index contributed by atoms with van der Waals surface area (Å²) in [5.41, 5.74) is 0.330. The van der Waals surface area contributed by atoms with Crippen LogP contribution in [0, 0.1) is 0 Å². The molecule has 1 heterocycles. The van der Waals surface area contributed by atoms with Crippen LogP contribution in [0.25, 0.3) is 0 Å². The first-order valence-electron chi connectivity index (χ1n) is 4.80. The number of carbonyl (C=O) groups excluding carboxylic acids is 1. The van der Waals surface area contributed by atoms with Crippen LogP contribution < -0.4 is 0 Å². The summed E-state index contributed by atoms with van der Waals surface area (Å²) >= 11 is 0. The molecule has 3 nitrogen and oxygen atoms in total. The van der Waals surface area contributed by atoms with Gasteiger partial charge in [0.15, 0.2) is 0 Å². The maximum atomic E-state index is 11.4. The molecular formula is C10H16N2O. The highest BCUT2D eigenvalue weighted by molar-refractivity contribution is 5.87. The van der Waals surface area contributed by atoms with Crippen LogP contribution in [0.5, 0.6) is 0 Å². The van der Waals surface area contributed by atoms with Crippen LogP contribution in [0.4, 0.5) is 0 Å². The van der Waals surface area contributed by atoms with Crippen molar-refractivity contribution in [2.24, 2.45) is 0 Å². The molecule has 13 heavy (non-hydrogen) atoms. The normalized spacial score (nSPS) is 26.1. The Hall–Kier alpha value is -0.830. The first-order chi connectivity index (χ1) is 6.18. The van der Waals surface area contributed by atoms with Crippen molar-refractivity contribution >= 4 is 5.91 Å². The van der Waals surface area contributed by atoms with Crippen molar-refractivity contribution < 1.29 is 4.79 Å². The summed E-state index contributed by atoms with van der Waals surface area (Å²) in [5.74, 6) is 0.0828. The molecular weight excluding hydrogens is 164 g/mol. The van der Waals surface area contributed by atoms with E-state index in [1.165, 1.54) is 18.9 Å². The lowest BCUT2D eigenvalue weighted by Gasteiger charge is -2.39. The Kier molecular flexibility index (Phi) is 1.91. The van der Waals surface area contributed by atoms with E-state index in [4.69, 9.17) is 0 Å². The second-order valence-corrected chi connectivity index (χ2v) is 4.11. The van der Waals surface area contributed by atoms with E-state index in [-0.39, 0.29) is 5.91 Å². The molecule has 72 valence electrons. The van der Waals surface area contributed by atoms with Crippen LogP contribution in [0.2, 0.25) is 0 Å². The number of nitrogens with zero attached hydrogens (tertiary/aromatic N) is 2. The van der Waals surface area contributed by atoms with Crippen molar-refractivity contribution in [1.82, 2.24) is 9.80 Å². The van der Waals surface area contributed by atoms with Crippen molar-refractivity contribution in [3.05, 3.63) is 12.7 Å².